The van der Waals surface area contributed by atoms with Gasteiger partial charge in [-0.05, 0) is 110 Å². The molecule has 6 rings (SSSR count). The summed E-state index contributed by atoms with van der Waals surface area (Å²) in [4.78, 5) is 5.36. The van der Waals surface area contributed by atoms with E-state index in [1.54, 1.807) is 22.3 Å². The summed E-state index contributed by atoms with van der Waals surface area (Å²) in [5.74, 6) is 1.04. The van der Waals surface area contributed by atoms with Crippen molar-refractivity contribution >= 4 is 11.3 Å². The zero-order valence-electron chi connectivity index (χ0n) is 22.0. The van der Waals surface area contributed by atoms with Gasteiger partial charge < -0.3 is 5.73 Å². The SMILES string of the molecule is CC1(C)C2=C(C3=C(CCCC3)CC2)c2ccc(C(=NC(N)C3CC=CCC3)C3CCCCC3)cc21. The van der Waals surface area contributed by atoms with Crippen molar-refractivity contribution < 1.29 is 0 Å². The molecule has 0 heterocycles. The number of hydrogen-bond acceptors (Lipinski definition) is 2. The van der Waals surface area contributed by atoms with Gasteiger partial charge in [-0.3, -0.25) is 4.99 Å². The van der Waals surface area contributed by atoms with Crippen LogP contribution in [0.5, 0.6) is 0 Å². The van der Waals surface area contributed by atoms with E-state index in [2.05, 4.69) is 44.2 Å². The Bertz CT molecular complexity index is 1110. The number of fused-ring (bicyclic) bond motifs is 3. The van der Waals surface area contributed by atoms with E-state index in [9.17, 15) is 0 Å². The lowest BCUT2D eigenvalue weighted by Crippen LogP contribution is -2.32. The number of benzene rings is 1. The molecule has 1 saturated carbocycles. The predicted octanol–water partition coefficient (Wildman–Crippen LogP) is 8.41. The highest BCUT2D eigenvalue weighted by atomic mass is 15.0. The van der Waals surface area contributed by atoms with Crippen molar-refractivity contribution in [2.75, 3.05) is 0 Å². The van der Waals surface area contributed by atoms with E-state index in [1.165, 1.54) is 99.5 Å². The van der Waals surface area contributed by atoms with Crippen molar-refractivity contribution in [3.05, 3.63) is 63.8 Å². The summed E-state index contributed by atoms with van der Waals surface area (Å²) in [6.07, 6.45) is 22.4. The molecule has 0 aliphatic heterocycles. The number of rotatable bonds is 4. The molecule has 0 amide bonds. The van der Waals surface area contributed by atoms with Gasteiger partial charge in [-0.15, -0.1) is 0 Å². The standard InChI is InChI=1S/C33H44N2/c1-33(2)28-20-18-22-11-9-10-16-26(22)30(28)27-19-17-25(21-29(27)33)31(23-12-5-3-6-13-23)35-32(34)24-14-7-4-8-15-24/h4,7,17,19,21,23-24,32H,3,5-6,8-16,18,20,34H2,1-2H3. The molecule has 2 N–H and O–H groups in total. The maximum absolute atomic E-state index is 6.79. The van der Waals surface area contributed by atoms with Crippen molar-refractivity contribution in [1.29, 1.82) is 0 Å². The maximum atomic E-state index is 6.79. The molecule has 0 aromatic heterocycles. The molecule has 0 saturated heterocycles. The van der Waals surface area contributed by atoms with Crippen LogP contribution < -0.4 is 5.73 Å². The van der Waals surface area contributed by atoms with Gasteiger partial charge in [0, 0.05) is 17.0 Å². The molecule has 5 aliphatic rings. The molecule has 1 aromatic carbocycles. The van der Waals surface area contributed by atoms with E-state index < -0.39 is 0 Å². The molecular formula is C33H44N2. The fraction of sp³-hybridized carbons (Fsp3) is 0.606. The summed E-state index contributed by atoms with van der Waals surface area (Å²) < 4.78 is 0. The molecule has 1 fully saturated rings. The first-order valence-electron chi connectivity index (χ1n) is 14.6. The lowest BCUT2D eigenvalue weighted by molar-refractivity contribution is 0.391. The average molecular weight is 469 g/mol. The summed E-state index contributed by atoms with van der Waals surface area (Å²) >= 11 is 0. The Morgan fingerprint density at radius 3 is 2.57 bits per heavy atom. The van der Waals surface area contributed by atoms with Gasteiger partial charge >= 0.3 is 0 Å². The second-order valence-corrected chi connectivity index (χ2v) is 12.4. The molecule has 2 atom stereocenters. The van der Waals surface area contributed by atoms with E-state index in [-0.39, 0.29) is 11.6 Å². The zero-order valence-corrected chi connectivity index (χ0v) is 22.0. The summed E-state index contributed by atoms with van der Waals surface area (Å²) in [6, 6.07) is 7.41. The van der Waals surface area contributed by atoms with Crippen LogP contribution in [0.3, 0.4) is 0 Å². The van der Waals surface area contributed by atoms with Gasteiger partial charge in [0.15, 0.2) is 0 Å². The first-order chi connectivity index (χ1) is 17.0. The van der Waals surface area contributed by atoms with Crippen LogP contribution in [0.2, 0.25) is 0 Å². The molecule has 0 bridgehead atoms. The van der Waals surface area contributed by atoms with Crippen LogP contribution in [0, 0.1) is 11.8 Å². The van der Waals surface area contributed by atoms with E-state index in [0.717, 1.165) is 12.8 Å². The summed E-state index contributed by atoms with van der Waals surface area (Å²) in [5.41, 5.74) is 19.4. The fourth-order valence-corrected chi connectivity index (χ4v) is 7.86. The van der Waals surface area contributed by atoms with Gasteiger partial charge in [-0.2, -0.15) is 0 Å². The molecule has 0 spiro atoms. The van der Waals surface area contributed by atoms with Crippen molar-refractivity contribution in [3.63, 3.8) is 0 Å². The Morgan fingerprint density at radius 2 is 1.77 bits per heavy atom. The van der Waals surface area contributed by atoms with Crippen LogP contribution >= 0.6 is 0 Å². The topological polar surface area (TPSA) is 38.4 Å². The van der Waals surface area contributed by atoms with Crippen LogP contribution in [-0.4, -0.2) is 11.9 Å². The molecule has 2 unspecified atom stereocenters. The third-order valence-electron chi connectivity index (χ3n) is 9.95. The number of allylic oxidation sites excluding steroid dienone is 6. The minimum Gasteiger partial charge on any atom is -0.310 e. The van der Waals surface area contributed by atoms with Gasteiger partial charge in [-0.1, -0.05) is 68.5 Å². The quantitative estimate of drug-likeness (QED) is 0.349. The van der Waals surface area contributed by atoms with Crippen molar-refractivity contribution in [2.24, 2.45) is 22.6 Å². The number of hydrogen-bond donors (Lipinski definition) is 1. The van der Waals surface area contributed by atoms with Gasteiger partial charge in [0.25, 0.3) is 0 Å². The first-order valence-corrected chi connectivity index (χ1v) is 14.6. The van der Waals surface area contributed by atoms with Gasteiger partial charge in [0.2, 0.25) is 0 Å². The smallest absolute Gasteiger partial charge is 0.100 e. The largest absolute Gasteiger partial charge is 0.310 e. The Labute approximate surface area is 212 Å². The number of nitrogens with zero attached hydrogens (tertiary/aromatic N) is 1. The Balaban J connectivity index is 1.40. The molecule has 2 nitrogen and oxygen atoms in total. The molecule has 186 valence electrons. The maximum Gasteiger partial charge on any atom is 0.100 e. The average Bonchev–Trinajstić information content (AvgIpc) is 3.14. The van der Waals surface area contributed by atoms with E-state index >= 15 is 0 Å². The molecular weight excluding hydrogens is 424 g/mol. The summed E-state index contributed by atoms with van der Waals surface area (Å²) in [5, 5.41) is 0. The third-order valence-corrected chi connectivity index (χ3v) is 9.95. The Hall–Kier alpha value is -1.93. The van der Waals surface area contributed by atoms with E-state index in [0.29, 0.717) is 11.8 Å². The van der Waals surface area contributed by atoms with Crippen LogP contribution in [0.15, 0.2) is 52.1 Å². The lowest BCUT2D eigenvalue weighted by atomic mass is 9.73. The van der Waals surface area contributed by atoms with E-state index in [1.807, 2.05) is 0 Å². The van der Waals surface area contributed by atoms with Crippen LogP contribution in [-0.2, 0) is 5.41 Å². The molecule has 2 heteroatoms. The Morgan fingerprint density at radius 1 is 0.943 bits per heavy atom. The van der Waals surface area contributed by atoms with Crippen LogP contribution in [0.25, 0.3) is 5.57 Å². The molecule has 0 radical (unpaired) electrons. The number of nitrogens with two attached hydrogens (primary N) is 1. The predicted molar refractivity (Wildman–Crippen MR) is 149 cm³/mol. The van der Waals surface area contributed by atoms with Crippen LogP contribution in [0.1, 0.15) is 120 Å². The molecule has 5 aliphatic carbocycles. The summed E-state index contributed by atoms with van der Waals surface area (Å²) in [7, 11) is 0. The molecule has 35 heavy (non-hydrogen) atoms. The highest BCUT2D eigenvalue weighted by Gasteiger charge is 2.41. The second kappa shape index (κ2) is 9.51. The van der Waals surface area contributed by atoms with Crippen LogP contribution in [0.4, 0.5) is 0 Å². The van der Waals surface area contributed by atoms with Gasteiger partial charge in [0.1, 0.15) is 6.17 Å². The fourth-order valence-electron chi connectivity index (χ4n) is 7.86. The monoisotopic (exact) mass is 468 g/mol. The minimum absolute atomic E-state index is 0.0839. The third kappa shape index (κ3) is 4.20. The normalized spacial score (nSPS) is 27.5. The van der Waals surface area contributed by atoms with E-state index in [4.69, 9.17) is 10.7 Å². The van der Waals surface area contributed by atoms with Crippen molar-refractivity contribution in [1.82, 2.24) is 0 Å². The highest BCUT2D eigenvalue weighted by molar-refractivity contribution is 6.04. The Kier molecular flexibility index (Phi) is 6.37. The lowest BCUT2D eigenvalue weighted by Gasteiger charge is -2.31. The second-order valence-electron chi connectivity index (χ2n) is 12.4. The highest BCUT2D eigenvalue weighted by Crippen LogP contribution is 2.56. The summed E-state index contributed by atoms with van der Waals surface area (Å²) in [6.45, 7) is 4.95. The first kappa shape index (κ1) is 23.5. The van der Waals surface area contributed by atoms with Crippen molar-refractivity contribution in [3.8, 4) is 0 Å². The molecule has 1 aromatic rings. The van der Waals surface area contributed by atoms with Crippen molar-refractivity contribution in [2.45, 2.75) is 115 Å². The number of aliphatic imine (C=N–C) groups is 1. The minimum atomic E-state index is -0.0839. The zero-order chi connectivity index (χ0) is 24.0. The van der Waals surface area contributed by atoms with Gasteiger partial charge in [0.05, 0.1) is 0 Å². The van der Waals surface area contributed by atoms with Gasteiger partial charge in [-0.25, -0.2) is 0 Å².